The molecule has 0 spiro atoms. The van der Waals surface area contributed by atoms with E-state index in [1.807, 2.05) is 30.3 Å². The molecular weight excluding hydrogens is 220 g/mol. The summed E-state index contributed by atoms with van der Waals surface area (Å²) in [7, 11) is 0. The zero-order valence-corrected chi connectivity index (χ0v) is 11.0. The first-order valence-electron chi connectivity index (χ1n) is 6.42. The van der Waals surface area contributed by atoms with Crippen LogP contribution in [0.1, 0.15) is 20.3 Å². The Balaban J connectivity index is 2.41. The van der Waals surface area contributed by atoms with Crippen molar-refractivity contribution in [2.45, 2.75) is 26.3 Å². The first-order chi connectivity index (χ1) is 8.70. The molecule has 2 nitrogen and oxygen atoms in total. The Morgan fingerprint density at radius 1 is 1.11 bits per heavy atom. The summed E-state index contributed by atoms with van der Waals surface area (Å²) in [4.78, 5) is 0. The maximum Gasteiger partial charge on any atom is 0.0423 e. The molecule has 94 valence electrons. The third kappa shape index (κ3) is 2.83. The van der Waals surface area contributed by atoms with Crippen LogP contribution in [0, 0.1) is 0 Å². The number of nitrogens with two attached hydrogens (primary N) is 1. The topological polar surface area (TPSA) is 38.0 Å². The molecule has 2 aromatic carbocycles. The first-order valence-corrected chi connectivity index (χ1v) is 6.42. The third-order valence-corrected chi connectivity index (χ3v) is 3.14. The molecule has 0 aromatic heterocycles. The molecule has 0 saturated heterocycles. The summed E-state index contributed by atoms with van der Waals surface area (Å²) in [6.45, 7) is 4.36. The molecule has 1 unspecified atom stereocenters. The fraction of sp³-hybridized carbons (Fsp3) is 0.250. The van der Waals surface area contributed by atoms with Crippen LogP contribution in [0.15, 0.2) is 48.5 Å². The molecule has 2 heteroatoms. The van der Waals surface area contributed by atoms with Gasteiger partial charge in [-0.25, -0.2) is 0 Å². The molecule has 0 aliphatic rings. The quantitative estimate of drug-likeness (QED) is 0.788. The Labute approximate surface area is 109 Å². The largest absolute Gasteiger partial charge is 0.399 e. The molecule has 18 heavy (non-hydrogen) atoms. The van der Waals surface area contributed by atoms with Crippen molar-refractivity contribution in [2.24, 2.45) is 0 Å². The van der Waals surface area contributed by atoms with Gasteiger partial charge < -0.3 is 11.1 Å². The lowest BCUT2D eigenvalue weighted by atomic mass is 10.0. The van der Waals surface area contributed by atoms with Crippen LogP contribution in [-0.4, -0.2) is 6.04 Å². The second kappa shape index (κ2) is 5.58. The lowest BCUT2D eigenvalue weighted by Gasteiger charge is -2.17. The van der Waals surface area contributed by atoms with Crippen LogP contribution >= 0.6 is 0 Å². The zero-order chi connectivity index (χ0) is 13.0. The van der Waals surface area contributed by atoms with Gasteiger partial charge in [-0.15, -0.1) is 0 Å². The summed E-state index contributed by atoms with van der Waals surface area (Å²) >= 11 is 0. The Kier molecular flexibility index (Phi) is 3.88. The monoisotopic (exact) mass is 240 g/mol. The van der Waals surface area contributed by atoms with Crippen molar-refractivity contribution < 1.29 is 0 Å². The normalized spacial score (nSPS) is 12.1. The van der Waals surface area contributed by atoms with Crippen molar-refractivity contribution in [3.05, 3.63) is 48.5 Å². The van der Waals surface area contributed by atoms with Crippen molar-refractivity contribution in [2.75, 3.05) is 11.1 Å². The van der Waals surface area contributed by atoms with E-state index in [1.165, 1.54) is 5.56 Å². The van der Waals surface area contributed by atoms with Gasteiger partial charge in [-0.05, 0) is 37.1 Å². The predicted octanol–water partition coefficient (Wildman–Crippen LogP) is 4.15. The highest BCUT2D eigenvalue weighted by Gasteiger charge is 2.07. The van der Waals surface area contributed by atoms with Crippen LogP contribution in [0.25, 0.3) is 11.1 Å². The standard InChI is InChI=1S/C16H20N2/c1-3-12(2)18-16-10-9-14(17)11-15(16)13-7-5-4-6-8-13/h4-12,18H,3,17H2,1-2H3. The number of nitrogens with one attached hydrogen (secondary N) is 1. The Morgan fingerprint density at radius 3 is 2.50 bits per heavy atom. The summed E-state index contributed by atoms with van der Waals surface area (Å²) < 4.78 is 0. The number of benzene rings is 2. The number of rotatable bonds is 4. The van der Waals surface area contributed by atoms with Gasteiger partial charge in [0, 0.05) is 23.0 Å². The first kappa shape index (κ1) is 12.5. The van der Waals surface area contributed by atoms with Crippen LogP contribution in [-0.2, 0) is 0 Å². The second-order valence-corrected chi connectivity index (χ2v) is 4.62. The van der Waals surface area contributed by atoms with E-state index in [4.69, 9.17) is 5.73 Å². The van der Waals surface area contributed by atoms with Gasteiger partial charge in [-0.1, -0.05) is 37.3 Å². The fourth-order valence-corrected chi connectivity index (χ4v) is 1.91. The van der Waals surface area contributed by atoms with Gasteiger partial charge in [0.15, 0.2) is 0 Å². The van der Waals surface area contributed by atoms with Crippen molar-refractivity contribution in [3.63, 3.8) is 0 Å². The summed E-state index contributed by atoms with van der Waals surface area (Å²) in [5.41, 5.74) is 10.2. The van der Waals surface area contributed by atoms with Gasteiger partial charge in [0.2, 0.25) is 0 Å². The van der Waals surface area contributed by atoms with E-state index in [0.717, 1.165) is 23.4 Å². The van der Waals surface area contributed by atoms with Gasteiger partial charge in [-0.2, -0.15) is 0 Å². The SMILES string of the molecule is CCC(C)Nc1ccc(N)cc1-c1ccccc1. The molecule has 0 fully saturated rings. The smallest absolute Gasteiger partial charge is 0.0423 e. The molecule has 0 bridgehead atoms. The average Bonchev–Trinajstić information content (AvgIpc) is 2.41. The van der Waals surface area contributed by atoms with E-state index < -0.39 is 0 Å². The van der Waals surface area contributed by atoms with Crippen molar-refractivity contribution in [1.82, 2.24) is 0 Å². The van der Waals surface area contributed by atoms with Crippen LogP contribution in [0.3, 0.4) is 0 Å². The summed E-state index contributed by atoms with van der Waals surface area (Å²) in [6, 6.07) is 16.8. The van der Waals surface area contributed by atoms with Gasteiger partial charge in [-0.3, -0.25) is 0 Å². The number of anilines is 2. The molecule has 2 rings (SSSR count). The van der Waals surface area contributed by atoms with E-state index >= 15 is 0 Å². The Hall–Kier alpha value is -1.96. The van der Waals surface area contributed by atoms with Gasteiger partial charge in [0.25, 0.3) is 0 Å². The minimum absolute atomic E-state index is 0.455. The average molecular weight is 240 g/mol. The van der Waals surface area contributed by atoms with Crippen LogP contribution in [0.2, 0.25) is 0 Å². The molecule has 0 aliphatic heterocycles. The highest BCUT2D eigenvalue weighted by molar-refractivity contribution is 5.80. The minimum Gasteiger partial charge on any atom is -0.399 e. The lowest BCUT2D eigenvalue weighted by Crippen LogP contribution is -2.14. The van der Waals surface area contributed by atoms with Gasteiger partial charge in [0.05, 0.1) is 0 Å². The molecule has 0 saturated carbocycles. The van der Waals surface area contributed by atoms with E-state index in [2.05, 4.69) is 37.4 Å². The van der Waals surface area contributed by atoms with E-state index in [0.29, 0.717) is 6.04 Å². The van der Waals surface area contributed by atoms with E-state index in [9.17, 15) is 0 Å². The van der Waals surface area contributed by atoms with Crippen molar-refractivity contribution >= 4 is 11.4 Å². The summed E-state index contributed by atoms with van der Waals surface area (Å²) in [6.07, 6.45) is 1.10. The van der Waals surface area contributed by atoms with Crippen molar-refractivity contribution in [1.29, 1.82) is 0 Å². The summed E-state index contributed by atoms with van der Waals surface area (Å²) in [5, 5.41) is 3.53. The molecule has 0 amide bonds. The number of hydrogen-bond acceptors (Lipinski definition) is 2. The lowest BCUT2D eigenvalue weighted by molar-refractivity contribution is 0.764. The third-order valence-electron chi connectivity index (χ3n) is 3.14. The second-order valence-electron chi connectivity index (χ2n) is 4.62. The van der Waals surface area contributed by atoms with Crippen molar-refractivity contribution in [3.8, 4) is 11.1 Å². The Bertz CT molecular complexity index is 506. The fourth-order valence-electron chi connectivity index (χ4n) is 1.91. The van der Waals surface area contributed by atoms with Crippen LogP contribution < -0.4 is 11.1 Å². The maximum atomic E-state index is 5.90. The molecule has 0 aliphatic carbocycles. The van der Waals surface area contributed by atoms with Gasteiger partial charge in [0.1, 0.15) is 0 Å². The van der Waals surface area contributed by atoms with E-state index in [-0.39, 0.29) is 0 Å². The molecule has 0 radical (unpaired) electrons. The van der Waals surface area contributed by atoms with Crippen LogP contribution in [0.4, 0.5) is 11.4 Å². The van der Waals surface area contributed by atoms with Crippen LogP contribution in [0.5, 0.6) is 0 Å². The molecule has 2 aromatic rings. The molecule has 1 atom stereocenters. The molecule has 0 heterocycles. The maximum absolute atomic E-state index is 5.90. The minimum atomic E-state index is 0.455. The predicted molar refractivity (Wildman–Crippen MR) is 79.7 cm³/mol. The summed E-state index contributed by atoms with van der Waals surface area (Å²) in [5.74, 6) is 0. The van der Waals surface area contributed by atoms with E-state index in [1.54, 1.807) is 0 Å². The number of nitrogen functional groups attached to an aromatic ring is 1. The van der Waals surface area contributed by atoms with Gasteiger partial charge >= 0.3 is 0 Å². The number of hydrogen-bond donors (Lipinski definition) is 2. The highest BCUT2D eigenvalue weighted by Crippen LogP contribution is 2.30. The molecular formula is C16H20N2. The Morgan fingerprint density at radius 2 is 1.83 bits per heavy atom. The molecule has 3 N–H and O–H groups in total. The highest BCUT2D eigenvalue weighted by atomic mass is 14.9. The zero-order valence-electron chi connectivity index (χ0n) is 11.0.